The molecule has 3 aromatic rings. The van der Waals surface area contributed by atoms with E-state index in [1.54, 1.807) is 41.1 Å². The summed E-state index contributed by atoms with van der Waals surface area (Å²) in [7, 11) is 0. The van der Waals surface area contributed by atoms with E-state index < -0.39 is 5.82 Å². The maximum absolute atomic E-state index is 14.1. The molecule has 0 aliphatic carbocycles. The van der Waals surface area contributed by atoms with Gasteiger partial charge in [0.05, 0.1) is 11.2 Å². The summed E-state index contributed by atoms with van der Waals surface area (Å²) >= 11 is 3.36. The summed E-state index contributed by atoms with van der Waals surface area (Å²) < 4.78 is 16.5. The number of aromatic nitrogens is 1. The van der Waals surface area contributed by atoms with Crippen LogP contribution in [0.4, 0.5) is 10.1 Å². The highest BCUT2D eigenvalue weighted by Gasteiger charge is 2.09. The van der Waals surface area contributed by atoms with E-state index >= 15 is 0 Å². The molecule has 3 nitrogen and oxygen atoms in total. The molecular formula is C15H10BrFN2O. The van der Waals surface area contributed by atoms with Crippen molar-refractivity contribution in [3.63, 3.8) is 0 Å². The molecule has 0 saturated heterocycles. The van der Waals surface area contributed by atoms with Gasteiger partial charge in [-0.1, -0.05) is 15.9 Å². The first kappa shape index (κ1) is 12.9. The second kappa shape index (κ2) is 4.76. The summed E-state index contributed by atoms with van der Waals surface area (Å²) in [4.78, 5) is 11.9. The van der Waals surface area contributed by atoms with Gasteiger partial charge in [0.1, 0.15) is 5.82 Å². The third-order valence-corrected chi connectivity index (χ3v) is 3.58. The Morgan fingerprint density at radius 2 is 1.90 bits per heavy atom. The van der Waals surface area contributed by atoms with Gasteiger partial charge in [0.15, 0.2) is 5.43 Å². The van der Waals surface area contributed by atoms with E-state index in [-0.39, 0.29) is 5.43 Å². The van der Waals surface area contributed by atoms with Crippen molar-refractivity contribution in [2.75, 3.05) is 5.73 Å². The van der Waals surface area contributed by atoms with Crippen LogP contribution in [0, 0.1) is 5.82 Å². The van der Waals surface area contributed by atoms with Crippen molar-refractivity contribution in [1.29, 1.82) is 0 Å². The second-order valence-corrected chi connectivity index (χ2v) is 5.34. The fraction of sp³-hybridized carbons (Fsp3) is 0. The van der Waals surface area contributed by atoms with Crippen molar-refractivity contribution in [3.05, 3.63) is 69.2 Å². The molecule has 20 heavy (non-hydrogen) atoms. The molecule has 0 fully saturated rings. The minimum Gasteiger partial charge on any atom is -0.399 e. The molecule has 3 rings (SSSR count). The molecule has 1 aromatic heterocycles. The van der Waals surface area contributed by atoms with Crippen molar-refractivity contribution in [2.45, 2.75) is 0 Å². The molecular weight excluding hydrogens is 323 g/mol. The zero-order valence-corrected chi connectivity index (χ0v) is 11.9. The predicted octanol–water partition coefficient (Wildman–Crippen LogP) is 3.47. The number of nitrogens with zero attached hydrogens (tertiary/aromatic N) is 1. The lowest BCUT2D eigenvalue weighted by molar-refractivity contribution is 0.620. The molecule has 0 radical (unpaired) electrons. The highest BCUT2D eigenvalue weighted by molar-refractivity contribution is 9.10. The monoisotopic (exact) mass is 332 g/mol. The number of rotatable bonds is 1. The number of nitrogen functional groups attached to an aromatic ring is 1. The third kappa shape index (κ3) is 2.10. The molecule has 0 aliphatic rings. The first-order chi connectivity index (χ1) is 9.56. The molecule has 0 unspecified atom stereocenters. The number of hydrogen-bond acceptors (Lipinski definition) is 2. The fourth-order valence-electron chi connectivity index (χ4n) is 2.15. The van der Waals surface area contributed by atoms with Gasteiger partial charge in [0.25, 0.3) is 0 Å². The zero-order chi connectivity index (χ0) is 14.3. The summed E-state index contributed by atoms with van der Waals surface area (Å²) in [5, 5.41) is 0.534. The van der Waals surface area contributed by atoms with Crippen LogP contribution in [0.15, 0.2) is 57.9 Å². The highest BCUT2D eigenvalue weighted by atomic mass is 79.9. The van der Waals surface area contributed by atoms with E-state index in [9.17, 15) is 9.18 Å². The average Bonchev–Trinajstić information content (AvgIpc) is 2.40. The van der Waals surface area contributed by atoms with Crippen molar-refractivity contribution in [3.8, 4) is 5.69 Å². The Morgan fingerprint density at radius 3 is 2.65 bits per heavy atom. The third-order valence-electron chi connectivity index (χ3n) is 3.09. The minimum atomic E-state index is -0.435. The second-order valence-electron chi connectivity index (χ2n) is 4.42. The SMILES string of the molecule is Nc1ccc(-n2ccc(=O)c3ccc(Br)cc32)c(F)c1. The van der Waals surface area contributed by atoms with Crippen molar-refractivity contribution >= 4 is 32.5 Å². The Balaban J connectivity index is 2.39. The Morgan fingerprint density at radius 1 is 1.10 bits per heavy atom. The van der Waals surface area contributed by atoms with E-state index in [1.165, 1.54) is 12.1 Å². The molecule has 2 N–H and O–H groups in total. The molecule has 5 heteroatoms. The molecule has 1 heterocycles. The molecule has 0 spiro atoms. The van der Waals surface area contributed by atoms with Crippen LogP contribution in [0.3, 0.4) is 0 Å². The number of benzene rings is 2. The first-order valence-electron chi connectivity index (χ1n) is 5.92. The number of anilines is 1. The number of pyridine rings is 1. The number of nitrogens with two attached hydrogens (primary N) is 1. The normalized spacial score (nSPS) is 10.9. The molecule has 0 aliphatic heterocycles. The van der Waals surface area contributed by atoms with Crippen LogP contribution in [0.25, 0.3) is 16.6 Å². The van der Waals surface area contributed by atoms with Crippen molar-refractivity contribution in [1.82, 2.24) is 4.57 Å². The Labute approximate surface area is 122 Å². The standard InChI is InChI=1S/C15H10BrFN2O/c16-9-1-3-11-14(7-9)19(6-5-15(11)20)13-4-2-10(18)8-12(13)17/h1-8H,18H2. The average molecular weight is 333 g/mol. The van der Waals surface area contributed by atoms with E-state index in [2.05, 4.69) is 15.9 Å². The Kier molecular flexibility index (Phi) is 3.06. The van der Waals surface area contributed by atoms with Crippen LogP contribution in [-0.4, -0.2) is 4.57 Å². The number of hydrogen-bond donors (Lipinski definition) is 1. The van der Waals surface area contributed by atoms with E-state index in [1.807, 2.05) is 0 Å². The number of halogens is 2. The molecule has 100 valence electrons. The quantitative estimate of drug-likeness (QED) is 0.693. The van der Waals surface area contributed by atoms with Crippen molar-refractivity contribution < 1.29 is 4.39 Å². The van der Waals surface area contributed by atoms with Gasteiger partial charge >= 0.3 is 0 Å². The summed E-state index contributed by atoms with van der Waals surface area (Å²) in [6.45, 7) is 0. The molecule has 0 atom stereocenters. The summed E-state index contributed by atoms with van der Waals surface area (Å²) in [5.41, 5.74) is 6.81. The molecule has 0 amide bonds. The predicted molar refractivity (Wildman–Crippen MR) is 81.6 cm³/mol. The van der Waals surface area contributed by atoms with Gasteiger partial charge in [-0.3, -0.25) is 4.79 Å². The van der Waals surface area contributed by atoms with Gasteiger partial charge in [-0.25, -0.2) is 4.39 Å². The van der Waals surface area contributed by atoms with E-state index in [0.717, 1.165) is 4.47 Å². The van der Waals surface area contributed by atoms with Crippen LogP contribution in [0.2, 0.25) is 0 Å². The smallest absolute Gasteiger partial charge is 0.189 e. The van der Waals surface area contributed by atoms with Gasteiger partial charge in [-0.2, -0.15) is 0 Å². The summed E-state index contributed by atoms with van der Waals surface area (Å²) in [5.74, 6) is -0.435. The van der Waals surface area contributed by atoms with E-state index in [0.29, 0.717) is 22.3 Å². The van der Waals surface area contributed by atoms with Crippen LogP contribution in [-0.2, 0) is 0 Å². The van der Waals surface area contributed by atoms with Gasteiger partial charge in [-0.15, -0.1) is 0 Å². The Bertz CT molecular complexity index is 873. The molecule has 2 aromatic carbocycles. The maximum Gasteiger partial charge on any atom is 0.189 e. The van der Waals surface area contributed by atoms with Crippen LogP contribution < -0.4 is 11.2 Å². The summed E-state index contributed by atoms with van der Waals surface area (Å²) in [6.07, 6.45) is 1.56. The largest absolute Gasteiger partial charge is 0.399 e. The minimum absolute atomic E-state index is 0.0976. The van der Waals surface area contributed by atoms with Crippen LogP contribution in [0.5, 0.6) is 0 Å². The fourth-order valence-corrected chi connectivity index (χ4v) is 2.50. The van der Waals surface area contributed by atoms with Gasteiger partial charge < -0.3 is 10.3 Å². The van der Waals surface area contributed by atoms with E-state index in [4.69, 9.17) is 5.73 Å². The maximum atomic E-state index is 14.1. The number of fused-ring (bicyclic) bond motifs is 1. The topological polar surface area (TPSA) is 48.0 Å². The Hall–Kier alpha value is -2.14. The van der Waals surface area contributed by atoms with Crippen LogP contribution >= 0.6 is 15.9 Å². The van der Waals surface area contributed by atoms with Gasteiger partial charge in [0.2, 0.25) is 0 Å². The van der Waals surface area contributed by atoms with Crippen LogP contribution in [0.1, 0.15) is 0 Å². The van der Waals surface area contributed by atoms with Gasteiger partial charge in [0, 0.05) is 27.8 Å². The lowest BCUT2D eigenvalue weighted by Gasteiger charge is -2.12. The lowest BCUT2D eigenvalue weighted by Crippen LogP contribution is -2.08. The zero-order valence-electron chi connectivity index (χ0n) is 10.3. The first-order valence-corrected chi connectivity index (χ1v) is 6.72. The molecule has 0 saturated carbocycles. The highest BCUT2D eigenvalue weighted by Crippen LogP contribution is 2.23. The lowest BCUT2D eigenvalue weighted by atomic mass is 10.2. The van der Waals surface area contributed by atoms with Gasteiger partial charge in [-0.05, 0) is 36.4 Å². The molecule has 0 bridgehead atoms. The summed E-state index contributed by atoms with van der Waals surface area (Å²) in [6, 6.07) is 11.2. The van der Waals surface area contributed by atoms with Crippen molar-refractivity contribution in [2.24, 2.45) is 0 Å².